The molecule has 1 aromatic carbocycles. The van der Waals surface area contributed by atoms with E-state index in [0.29, 0.717) is 5.92 Å². The van der Waals surface area contributed by atoms with Crippen molar-refractivity contribution < 1.29 is 4.39 Å². The summed E-state index contributed by atoms with van der Waals surface area (Å²) in [4.78, 5) is 0. The molecule has 0 amide bonds. The third-order valence-electron chi connectivity index (χ3n) is 3.66. The van der Waals surface area contributed by atoms with Crippen LogP contribution in [0.15, 0.2) is 24.3 Å². The van der Waals surface area contributed by atoms with Gasteiger partial charge in [-0.25, -0.2) is 4.39 Å². The van der Waals surface area contributed by atoms with Crippen molar-refractivity contribution in [2.45, 2.75) is 71.1 Å². The van der Waals surface area contributed by atoms with Crippen LogP contribution in [0.3, 0.4) is 0 Å². The summed E-state index contributed by atoms with van der Waals surface area (Å²) in [7, 11) is 0. The highest BCUT2D eigenvalue weighted by molar-refractivity contribution is 5.21. The van der Waals surface area contributed by atoms with Crippen molar-refractivity contribution in [1.82, 2.24) is 0 Å². The van der Waals surface area contributed by atoms with Crippen LogP contribution in [-0.2, 0) is 0 Å². The van der Waals surface area contributed by atoms with Crippen LogP contribution in [0.1, 0.15) is 76.7 Å². The van der Waals surface area contributed by atoms with E-state index in [1.165, 1.54) is 38.5 Å². The van der Waals surface area contributed by atoms with Gasteiger partial charge in [-0.3, -0.25) is 0 Å². The van der Waals surface area contributed by atoms with Crippen molar-refractivity contribution in [3.05, 3.63) is 35.6 Å². The molecule has 0 nitrogen and oxygen atoms in total. The van der Waals surface area contributed by atoms with Gasteiger partial charge in [0.25, 0.3) is 0 Å². The largest absolute Gasteiger partial charge is 0.207 e. The van der Waals surface area contributed by atoms with Gasteiger partial charge in [0.15, 0.2) is 0 Å². The predicted octanol–water partition coefficient (Wildman–Crippen LogP) is 6.07. The predicted molar refractivity (Wildman–Crippen MR) is 77.4 cm³/mol. The average Bonchev–Trinajstić information content (AvgIpc) is 2.38. The fraction of sp³-hybridized carbons (Fsp3) is 0.647. The van der Waals surface area contributed by atoms with E-state index in [1.54, 1.807) is 12.1 Å². The molecule has 0 spiro atoms. The Labute approximate surface area is 112 Å². The molecule has 0 aliphatic rings. The highest BCUT2D eigenvalue weighted by atomic mass is 19.1. The maximum atomic E-state index is 13.9. The van der Waals surface area contributed by atoms with Gasteiger partial charge in [0.2, 0.25) is 0 Å². The van der Waals surface area contributed by atoms with Crippen molar-refractivity contribution in [3.63, 3.8) is 0 Å². The Kier molecular flexibility index (Phi) is 7.71. The van der Waals surface area contributed by atoms with E-state index >= 15 is 0 Å². The van der Waals surface area contributed by atoms with Crippen LogP contribution in [0.2, 0.25) is 0 Å². The van der Waals surface area contributed by atoms with Gasteiger partial charge in [0.1, 0.15) is 5.82 Å². The molecule has 0 aliphatic carbocycles. The molecule has 0 saturated carbocycles. The Balaban J connectivity index is 2.60. The highest BCUT2D eigenvalue weighted by Gasteiger charge is 2.14. The first-order valence-corrected chi connectivity index (χ1v) is 7.54. The van der Waals surface area contributed by atoms with Gasteiger partial charge >= 0.3 is 0 Å². The molecule has 0 N–H and O–H groups in total. The molecule has 0 unspecified atom stereocenters. The molecule has 0 saturated heterocycles. The Hall–Kier alpha value is -0.850. The number of hydrogen-bond donors (Lipinski definition) is 0. The Morgan fingerprint density at radius 1 is 0.889 bits per heavy atom. The summed E-state index contributed by atoms with van der Waals surface area (Å²) in [5.74, 6) is 0.403. The minimum atomic E-state index is -0.0181. The van der Waals surface area contributed by atoms with E-state index in [1.807, 2.05) is 12.1 Å². The van der Waals surface area contributed by atoms with Crippen molar-refractivity contribution in [2.24, 2.45) is 0 Å². The van der Waals surface area contributed by atoms with Gasteiger partial charge in [-0.05, 0) is 30.4 Å². The molecule has 1 rings (SSSR count). The van der Waals surface area contributed by atoms with Gasteiger partial charge in [-0.2, -0.15) is 0 Å². The second-order valence-corrected chi connectivity index (χ2v) is 5.21. The zero-order valence-corrected chi connectivity index (χ0v) is 11.9. The molecule has 0 heterocycles. The quantitative estimate of drug-likeness (QED) is 0.467. The number of unbranched alkanes of at least 4 members (excludes halogenated alkanes) is 4. The van der Waals surface area contributed by atoms with Gasteiger partial charge in [-0.1, -0.05) is 70.6 Å². The van der Waals surface area contributed by atoms with Crippen molar-refractivity contribution in [3.8, 4) is 0 Å². The first-order chi connectivity index (χ1) is 8.79. The van der Waals surface area contributed by atoms with E-state index in [-0.39, 0.29) is 5.82 Å². The maximum Gasteiger partial charge on any atom is 0.126 e. The van der Waals surface area contributed by atoms with Crippen LogP contribution in [0.25, 0.3) is 0 Å². The summed E-state index contributed by atoms with van der Waals surface area (Å²) < 4.78 is 13.9. The first-order valence-electron chi connectivity index (χ1n) is 7.54. The number of rotatable bonds is 9. The molecule has 1 aromatic rings. The second kappa shape index (κ2) is 9.13. The summed E-state index contributed by atoms with van der Waals surface area (Å²) in [5, 5.41) is 0. The number of halogens is 1. The fourth-order valence-corrected chi connectivity index (χ4v) is 2.54. The van der Waals surface area contributed by atoms with E-state index < -0.39 is 0 Å². The van der Waals surface area contributed by atoms with E-state index in [0.717, 1.165) is 18.4 Å². The topological polar surface area (TPSA) is 0 Å². The van der Waals surface area contributed by atoms with Crippen LogP contribution in [0, 0.1) is 5.82 Å². The van der Waals surface area contributed by atoms with Gasteiger partial charge in [0.05, 0.1) is 0 Å². The Morgan fingerprint density at radius 2 is 1.44 bits per heavy atom. The number of benzene rings is 1. The zero-order chi connectivity index (χ0) is 13.2. The van der Waals surface area contributed by atoms with Crippen molar-refractivity contribution in [2.75, 3.05) is 0 Å². The summed E-state index contributed by atoms with van der Waals surface area (Å²) in [5.41, 5.74) is 0.935. The summed E-state index contributed by atoms with van der Waals surface area (Å²) in [6.45, 7) is 4.43. The molecule has 0 bridgehead atoms. The van der Waals surface area contributed by atoms with E-state index in [9.17, 15) is 4.39 Å². The average molecular weight is 250 g/mol. The Bertz CT molecular complexity index is 309. The molecular weight excluding hydrogens is 223 g/mol. The minimum Gasteiger partial charge on any atom is -0.207 e. The zero-order valence-electron chi connectivity index (χ0n) is 11.9. The minimum absolute atomic E-state index is 0.0181. The van der Waals surface area contributed by atoms with Crippen LogP contribution in [0.4, 0.5) is 4.39 Å². The normalized spacial score (nSPS) is 11.1. The molecule has 18 heavy (non-hydrogen) atoms. The van der Waals surface area contributed by atoms with Gasteiger partial charge in [-0.15, -0.1) is 0 Å². The molecule has 0 radical (unpaired) electrons. The molecular formula is C17H27F. The lowest BCUT2D eigenvalue weighted by atomic mass is 9.88. The molecule has 102 valence electrons. The van der Waals surface area contributed by atoms with Gasteiger partial charge < -0.3 is 0 Å². The third-order valence-corrected chi connectivity index (χ3v) is 3.66. The standard InChI is InChI=1S/C17H27F/c1-3-5-7-11-15(12-8-6-4-2)16-13-9-10-14-17(16)18/h9-10,13-15H,3-8,11-12H2,1-2H3. The van der Waals surface area contributed by atoms with Crippen LogP contribution in [-0.4, -0.2) is 0 Å². The lowest BCUT2D eigenvalue weighted by Gasteiger charge is -2.18. The van der Waals surface area contributed by atoms with Crippen LogP contribution in [0.5, 0.6) is 0 Å². The van der Waals surface area contributed by atoms with Crippen molar-refractivity contribution >= 4 is 0 Å². The van der Waals surface area contributed by atoms with Crippen molar-refractivity contribution in [1.29, 1.82) is 0 Å². The van der Waals surface area contributed by atoms with Crippen LogP contribution >= 0.6 is 0 Å². The summed E-state index contributed by atoms with van der Waals surface area (Å²) >= 11 is 0. The molecule has 0 aromatic heterocycles. The maximum absolute atomic E-state index is 13.9. The molecule has 0 fully saturated rings. The van der Waals surface area contributed by atoms with Crippen LogP contribution < -0.4 is 0 Å². The lowest BCUT2D eigenvalue weighted by Crippen LogP contribution is -2.02. The molecule has 0 atom stereocenters. The molecule has 1 heteroatoms. The Morgan fingerprint density at radius 3 is 1.94 bits per heavy atom. The highest BCUT2D eigenvalue weighted by Crippen LogP contribution is 2.29. The van der Waals surface area contributed by atoms with E-state index in [4.69, 9.17) is 0 Å². The third kappa shape index (κ3) is 5.20. The SMILES string of the molecule is CCCCCC(CCCCC)c1ccccc1F. The second-order valence-electron chi connectivity index (χ2n) is 5.21. The fourth-order valence-electron chi connectivity index (χ4n) is 2.54. The monoisotopic (exact) mass is 250 g/mol. The molecule has 0 aliphatic heterocycles. The number of hydrogen-bond acceptors (Lipinski definition) is 0. The summed E-state index contributed by atoms with van der Waals surface area (Å²) in [6.07, 6.45) is 9.72. The lowest BCUT2D eigenvalue weighted by molar-refractivity contribution is 0.484. The van der Waals surface area contributed by atoms with Gasteiger partial charge in [0, 0.05) is 0 Å². The smallest absolute Gasteiger partial charge is 0.126 e. The van der Waals surface area contributed by atoms with E-state index in [2.05, 4.69) is 13.8 Å². The summed E-state index contributed by atoms with van der Waals surface area (Å²) in [6, 6.07) is 7.32. The first kappa shape index (κ1) is 15.2.